The van der Waals surface area contributed by atoms with Crippen LogP contribution in [0.1, 0.15) is 46.1 Å². The molecule has 0 saturated carbocycles. The summed E-state index contributed by atoms with van der Waals surface area (Å²) in [5.74, 6) is 0.905. The number of carbonyl (C=O) groups excluding carboxylic acids is 1. The van der Waals surface area contributed by atoms with Crippen LogP contribution in [0.25, 0.3) is 0 Å². The SMILES string of the molecule is CC(Cc1ccc(O)cc1)NCC1CCN(C(=O)OC(C)(C)C)CC1. The molecule has 1 amide bonds. The summed E-state index contributed by atoms with van der Waals surface area (Å²) in [7, 11) is 0. The molecule has 2 rings (SSSR count). The van der Waals surface area contributed by atoms with Crippen LogP contribution in [0.3, 0.4) is 0 Å². The zero-order valence-electron chi connectivity index (χ0n) is 15.9. The number of nitrogens with one attached hydrogen (secondary N) is 1. The van der Waals surface area contributed by atoms with E-state index in [0.29, 0.717) is 17.7 Å². The highest BCUT2D eigenvalue weighted by Gasteiger charge is 2.26. The number of phenols is 1. The van der Waals surface area contributed by atoms with Crippen LogP contribution >= 0.6 is 0 Å². The first-order valence-corrected chi connectivity index (χ1v) is 9.22. The molecule has 1 fully saturated rings. The predicted octanol–water partition coefficient (Wildman–Crippen LogP) is 3.56. The molecule has 0 bridgehead atoms. The van der Waals surface area contributed by atoms with E-state index >= 15 is 0 Å². The first kappa shape index (κ1) is 19.6. The summed E-state index contributed by atoms with van der Waals surface area (Å²) in [5, 5.41) is 12.9. The monoisotopic (exact) mass is 348 g/mol. The van der Waals surface area contributed by atoms with Crippen LogP contribution in [0.15, 0.2) is 24.3 Å². The summed E-state index contributed by atoms with van der Waals surface area (Å²) in [6, 6.07) is 7.77. The van der Waals surface area contributed by atoms with Gasteiger partial charge in [-0.25, -0.2) is 4.79 Å². The summed E-state index contributed by atoms with van der Waals surface area (Å²) in [5.41, 5.74) is 0.789. The lowest BCUT2D eigenvalue weighted by Crippen LogP contribution is -2.44. The Balaban J connectivity index is 1.68. The lowest BCUT2D eigenvalue weighted by molar-refractivity contribution is 0.0183. The maximum atomic E-state index is 12.1. The van der Waals surface area contributed by atoms with Crippen LogP contribution < -0.4 is 5.32 Å². The fourth-order valence-electron chi connectivity index (χ4n) is 3.07. The number of aromatic hydroxyl groups is 1. The van der Waals surface area contributed by atoms with E-state index < -0.39 is 5.60 Å². The molecule has 1 aromatic rings. The van der Waals surface area contributed by atoms with Crippen LogP contribution in [-0.4, -0.2) is 47.4 Å². The van der Waals surface area contributed by atoms with E-state index in [4.69, 9.17) is 4.74 Å². The Morgan fingerprint density at radius 1 is 1.28 bits per heavy atom. The maximum Gasteiger partial charge on any atom is 0.410 e. The Labute approximate surface area is 151 Å². The third-order valence-electron chi connectivity index (χ3n) is 4.50. The average Bonchev–Trinajstić information content (AvgIpc) is 2.54. The van der Waals surface area contributed by atoms with Crippen molar-refractivity contribution in [3.63, 3.8) is 0 Å². The fourth-order valence-corrected chi connectivity index (χ4v) is 3.07. The standard InChI is InChI=1S/C20H32N2O3/c1-15(13-16-5-7-18(23)8-6-16)21-14-17-9-11-22(12-10-17)19(24)25-20(2,3)4/h5-8,15,17,21,23H,9-14H2,1-4H3. The van der Waals surface area contributed by atoms with Crippen molar-refractivity contribution in [3.8, 4) is 5.75 Å². The Hall–Kier alpha value is -1.75. The zero-order chi connectivity index (χ0) is 18.4. The lowest BCUT2D eigenvalue weighted by atomic mass is 9.96. The topological polar surface area (TPSA) is 61.8 Å². The third kappa shape index (κ3) is 6.94. The number of carbonyl (C=O) groups is 1. The van der Waals surface area contributed by atoms with E-state index in [-0.39, 0.29) is 6.09 Å². The smallest absolute Gasteiger partial charge is 0.410 e. The second-order valence-electron chi connectivity index (χ2n) is 8.09. The van der Waals surface area contributed by atoms with Gasteiger partial charge in [0.05, 0.1) is 0 Å². The van der Waals surface area contributed by atoms with E-state index in [0.717, 1.165) is 38.9 Å². The third-order valence-corrected chi connectivity index (χ3v) is 4.50. The molecule has 0 aliphatic carbocycles. The molecule has 1 saturated heterocycles. The van der Waals surface area contributed by atoms with Gasteiger partial charge in [0, 0.05) is 19.1 Å². The molecule has 140 valence electrons. The van der Waals surface area contributed by atoms with E-state index in [1.165, 1.54) is 5.56 Å². The highest BCUT2D eigenvalue weighted by atomic mass is 16.6. The molecule has 5 nitrogen and oxygen atoms in total. The number of phenolic OH excluding ortho intramolecular Hbond substituents is 1. The zero-order valence-corrected chi connectivity index (χ0v) is 15.9. The van der Waals surface area contributed by atoms with Gasteiger partial charge >= 0.3 is 6.09 Å². The predicted molar refractivity (Wildman–Crippen MR) is 99.8 cm³/mol. The number of amides is 1. The molecule has 1 aliphatic heterocycles. The van der Waals surface area contributed by atoms with Crippen LogP contribution in [0.5, 0.6) is 5.75 Å². The Morgan fingerprint density at radius 3 is 2.44 bits per heavy atom. The Bertz CT molecular complexity index is 543. The summed E-state index contributed by atoms with van der Waals surface area (Å²) in [6.45, 7) is 10.4. The van der Waals surface area contributed by atoms with Crippen molar-refractivity contribution in [2.45, 2.75) is 58.6 Å². The molecule has 1 aliphatic rings. The van der Waals surface area contributed by atoms with Crippen LogP contribution in [0.4, 0.5) is 4.79 Å². The number of ether oxygens (including phenoxy) is 1. The molecular weight excluding hydrogens is 316 g/mol. The summed E-state index contributed by atoms with van der Waals surface area (Å²) < 4.78 is 5.44. The summed E-state index contributed by atoms with van der Waals surface area (Å²) >= 11 is 0. The van der Waals surface area contributed by atoms with Gasteiger partial charge < -0.3 is 20.1 Å². The number of piperidine rings is 1. The second-order valence-corrected chi connectivity index (χ2v) is 8.09. The maximum absolute atomic E-state index is 12.1. The minimum Gasteiger partial charge on any atom is -0.508 e. The highest BCUT2D eigenvalue weighted by Crippen LogP contribution is 2.19. The molecule has 0 spiro atoms. The van der Waals surface area contributed by atoms with Crippen molar-refractivity contribution >= 4 is 6.09 Å². The number of nitrogens with zero attached hydrogens (tertiary/aromatic N) is 1. The first-order valence-electron chi connectivity index (χ1n) is 9.22. The van der Waals surface area contributed by atoms with E-state index in [1.807, 2.05) is 37.8 Å². The summed E-state index contributed by atoms with van der Waals surface area (Å²) in [4.78, 5) is 13.9. The largest absolute Gasteiger partial charge is 0.508 e. The van der Waals surface area contributed by atoms with Crippen LogP contribution in [0.2, 0.25) is 0 Å². The van der Waals surface area contributed by atoms with Gasteiger partial charge in [0.1, 0.15) is 11.4 Å². The number of benzene rings is 1. The van der Waals surface area contributed by atoms with Gasteiger partial charge in [0.25, 0.3) is 0 Å². The highest BCUT2D eigenvalue weighted by molar-refractivity contribution is 5.68. The van der Waals surface area contributed by atoms with Crippen LogP contribution in [0, 0.1) is 5.92 Å². The average molecular weight is 348 g/mol. The Kier molecular flexibility index (Phi) is 6.71. The molecule has 5 heteroatoms. The molecule has 2 N–H and O–H groups in total. The molecule has 1 aromatic carbocycles. The van der Waals surface area contributed by atoms with Gasteiger partial charge in [-0.05, 0) is 77.1 Å². The van der Waals surface area contributed by atoms with Crippen LogP contribution in [-0.2, 0) is 11.2 Å². The van der Waals surface area contributed by atoms with Gasteiger partial charge in [0.15, 0.2) is 0 Å². The van der Waals surface area contributed by atoms with Gasteiger partial charge in [-0.1, -0.05) is 12.1 Å². The van der Waals surface area contributed by atoms with Crippen molar-refractivity contribution in [2.24, 2.45) is 5.92 Å². The number of likely N-dealkylation sites (tertiary alicyclic amines) is 1. The summed E-state index contributed by atoms with van der Waals surface area (Å²) in [6.07, 6.45) is 2.77. The van der Waals surface area contributed by atoms with E-state index in [2.05, 4.69) is 12.2 Å². The van der Waals surface area contributed by atoms with Gasteiger partial charge in [-0.3, -0.25) is 0 Å². The number of hydrogen-bond donors (Lipinski definition) is 2. The first-order chi connectivity index (χ1) is 11.7. The quantitative estimate of drug-likeness (QED) is 0.854. The van der Waals surface area contributed by atoms with Crippen molar-refractivity contribution in [1.29, 1.82) is 0 Å². The fraction of sp³-hybridized carbons (Fsp3) is 0.650. The van der Waals surface area contributed by atoms with Crippen molar-refractivity contribution in [2.75, 3.05) is 19.6 Å². The van der Waals surface area contributed by atoms with E-state index in [9.17, 15) is 9.90 Å². The van der Waals surface area contributed by atoms with Gasteiger partial charge in [-0.15, -0.1) is 0 Å². The molecule has 0 radical (unpaired) electrons. The lowest BCUT2D eigenvalue weighted by Gasteiger charge is -2.34. The van der Waals surface area contributed by atoms with Gasteiger partial charge in [0.2, 0.25) is 0 Å². The second kappa shape index (κ2) is 8.56. The normalized spacial score (nSPS) is 17.4. The van der Waals surface area contributed by atoms with Crippen molar-refractivity contribution in [3.05, 3.63) is 29.8 Å². The Morgan fingerprint density at radius 2 is 1.88 bits per heavy atom. The molecule has 25 heavy (non-hydrogen) atoms. The van der Waals surface area contributed by atoms with Crippen molar-refractivity contribution < 1.29 is 14.6 Å². The molecule has 0 aromatic heterocycles. The number of hydrogen-bond acceptors (Lipinski definition) is 4. The van der Waals surface area contributed by atoms with Gasteiger partial charge in [-0.2, -0.15) is 0 Å². The van der Waals surface area contributed by atoms with Crippen molar-refractivity contribution in [1.82, 2.24) is 10.2 Å². The molecule has 1 unspecified atom stereocenters. The number of rotatable bonds is 5. The minimum absolute atomic E-state index is 0.195. The molecule has 1 heterocycles. The molecule has 1 atom stereocenters. The molecular formula is C20H32N2O3. The van der Waals surface area contributed by atoms with E-state index in [1.54, 1.807) is 12.1 Å². The minimum atomic E-state index is -0.431.